The molecule has 0 aliphatic rings. The standard InChI is InChI=1S/C18H27NO4/c1-12(16(20)21)19(17(22)18(3,4)5)11-14-9-7-8-10-15(14)13(2)23-6/h7-10,12-13H,11H2,1-6H3,(H,20,21)/t12-,13?/m0/s1. The third-order valence-electron chi connectivity index (χ3n) is 3.91. The minimum absolute atomic E-state index is 0.127. The van der Waals surface area contributed by atoms with Gasteiger partial charge in [0.05, 0.1) is 6.10 Å². The van der Waals surface area contributed by atoms with Gasteiger partial charge in [-0.3, -0.25) is 4.79 Å². The molecule has 0 saturated heterocycles. The lowest BCUT2D eigenvalue weighted by Crippen LogP contribution is -2.47. The second-order valence-corrected chi connectivity index (χ2v) is 6.77. The largest absolute Gasteiger partial charge is 0.480 e. The summed E-state index contributed by atoms with van der Waals surface area (Å²) in [7, 11) is 1.62. The summed E-state index contributed by atoms with van der Waals surface area (Å²) in [5.41, 5.74) is 1.21. The zero-order valence-corrected chi connectivity index (χ0v) is 14.8. The van der Waals surface area contributed by atoms with E-state index in [1.165, 1.54) is 11.8 Å². The van der Waals surface area contributed by atoms with Gasteiger partial charge in [0.25, 0.3) is 0 Å². The molecule has 1 amide bonds. The van der Waals surface area contributed by atoms with Crippen molar-refractivity contribution in [3.8, 4) is 0 Å². The Morgan fingerprint density at radius 2 is 1.78 bits per heavy atom. The summed E-state index contributed by atoms with van der Waals surface area (Å²) in [6.07, 6.45) is -0.127. The van der Waals surface area contributed by atoms with Crippen LogP contribution < -0.4 is 0 Å². The van der Waals surface area contributed by atoms with Crippen molar-refractivity contribution in [2.24, 2.45) is 5.41 Å². The Balaban J connectivity index is 3.22. The van der Waals surface area contributed by atoms with Gasteiger partial charge in [-0.15, -0.1) is 0 Å². The molecule has 0 fully saturated rings. The van der Waals surface area contributed by atoms with Gasteiger partial charge in [-0.05, 0) is 25.0 Å². The van der Waals surface area contributed by atoms with E-state index in [1.807, 2.05) is 31.2 Å². The van der Waals surface area contributed by atoms with Crippen molar-refractivity contribution in [3.05, 3.63) is 35.4 Å². The van der Waals surface area contributed by atoms with Crippen LogP contribution in [0.2, 0.25) is 0 Å². The lowest BCUT2D eigenvalue weighted by Gasteiger charge is -2.33. The average Bonchev–Trinajstić information content (AvgIpc) is 2.49. The Kier molecular flexibility index (Phi) is 6.33. The number of nitrogens with zero attached hydrogens (tertiary/aromatic N) is 1. The van der Waals surface area contributed by atoms with Gasteiger partial charge in [0.2, 0.25) is 5.91 Å². The molecule has 128 valence electrons. The number of carboxylic acid groups (broad SMARTS) is 1. The minimum Gasteiger partial charge on any atom is -0.480 e. The predicted molar refractivity (Wildman–Crippen MR) is 89.0 cm³/mol. The second-order valence-electron chi connectivity index (χ2n) is 6.77. The lowest BCUT2D eigenvalue weighted by atomic mass is 9.93. The van der Waals surface area contributed by atoms with Crippen LogP contribution >= 0.6 is 0 Å². The number of methoxy groups -OCH3 is 1. The van der Waals surface area contributed by atoms with Crippen LogP contribution in [0.1, 0.15) is 51.8 Å². The molecule has 0 bridgehead atoms. The second kappa shape index (κ2) is 7.59. The molecule has 1 aromatic carbocycles. The topological polar surface area (TPSA) is 66.8 Å². The smallest absolute Gasteiger partial charge is 0.326 e. The van der Waals surface area contributed by atoms with E-state index in [0.717, 1.165) is 11.1 Å². The number of amides is 1. The Bertz CT molecular complexity index is 562. The van der Waals surface area contributed by atoms with Crippen molar-refractivity contribution >= 4 is 11.9 Å². The summed E-state index contributed by atoms with van der Waals surface area (Å²) in [6.45, 7) is 9.08. The van der Waals surface area contributed by atoms with Crippen LogP contribution in [0.15, 0.2) is 24.3 Å². The number of benzene rings is 1. The minimum atomic E-state index is -1.01. The monoisotopic (exact) mass is 321 g/mol. The van der Waals surface area contributed by atoms with Gasteiger partial charge in [-0.25, -0.2) is 4.79 Å². The van der Waals surface area contributed by atoms with Crippen LogP contribution in [-0.4, -0.2) is 35.0 Å². The first-order chi connectivity index (χ1) is 10.6. The first-order valence-electron chi connectivity index (χ1n) is 7.74. The molecule has 23 heavy (non-hydrogen) atoms. The molecule has 0 radical (unpaired) electrons. The highest BCUT2D eigenvalue weighted by Crippen LogP contribution is 2.25. The van der Waals surface area contributed by atoms with Crippen LogP contribution in [-0.2, 0) is 20.9 Å². The summed E-state index contributed by atoms with van der Waals surface area (Å²) in [4.78, 5) is 25.5. The van der Waals surface area contributed by atoms with Crippen molar-refractivity contribution in [2.45, 2.75) is 53.3 Å². The maximum atomic E-state index is 12.7. The normalized spacial score (nSPS) is 14.2. The van der Waals surface area contributed by atoms with Crippen LogP contribution in [0.5, 0.6) is 0 Å². The number of carbonyl (C=O) groups excluding carboxylic acids is 1. The molecule has 1 N–H and O–H groups in total. The molecule has 0 aliphatic carbocycles. The van der Waals surface area contributed by atoms with Gasteiger partial charge in [0.15, 0.2) is 0 Å². The molecule has 0 saturated carbocycles. The number of ether oxygens (including phenoxy) is 1. The van der Waals surface area contributed by atoms with E-state index < -0.39 is 17.4 Å². The quantitative estimate of drug-likeness (QED) is 0.873. The summed E-state index contributed by atoms with van der Waals surface area (Å²) >= 11 is 0. The molecule has 2 atom stereocenters. The SMILES string of the molecule is COC(C)c1ccccc1CN(C(=O)C(C)(C)C)[C@@H](C)C(=O)O. The first-order valence-corrected chi connectivity index (χ1v) is 7.74. The molecule has 5 heteroatoms. The van der Waals surface area contributed by atoms with E-state index in [1.54, 1.807) is 27.9 Å². The molecule has 0 heterocycles. The van der Waals surface area contributed by atoms with E-state index in [0.29, 0.717) is 0 Å². The fraction of sp³-hybridized carbons (Fsp3) is 0.556. The van der Waals surface area contributed by atoms with Gasteiger partial charge < -0.3 is 14.7 Å². The van der Waals surface area contributed by atoms with E-state index in [4.69, 9.17) is 4.74 Å². The van der Waals surface area contributed by atoms with E-state index in [-0.39, 0.29) is 18.6 Å². The van der Waals surface area contributed by atoms with Crippen molar-refractivity contribution in [1.29, 1.82) is 0 Å². The molecule has 1 rings (SSSR count). The van der Waals surface area contributed by atoms with Gasteiger partial charge in [-0.2, -0.15) is 0 Å². The molecular formula is C18H27NO4. The van der Waals surface area contributed by atoms with Gasteiger partial charge >= 0.3 is 5.97 Å². The van der Waals surface area contributed by atoms with Crippen LogP contribution in [0.25, 0.3) is 0 Å². The molecule has 1 unspecified atom stereocenters. The first kappa shape index (κ1) is 19.2. The Morgan fingerprint density at radius 3 is 2.26 bits per heavy atom. The lowest BCUT2D eigenvalue weighted by molar-refractivity contribution is -0.153. The zero-order chi connectivity index (χ0) is 17.8. The fourth-order valence-electron chi connectivity index (χ4n) is 2.33. The highest BCUT2D eigenvalue weighted by molar-refractivity contribution is 5.86. The molecule has 0 spiro atoms. The van der Waals surface area contributed by atoms with Crippen molar-refractivity contribution < 1.29 is 19.4 Å². The Morgan fingerprint density at radius 1 is 1.22 bits per heavy atom. The van der Waals surface area contributed by atoms with E-state index in [2.05, 4.69) is 0 Å². The average molecular weight is 321 g/mol. The molecule has 0 aliphatic heterocycles. The van der Waals surface area contributed by atoms with Crippen LogP contribution in [0, 0.1) is 5.41 Å². The number of carbonyl (C=O) groups is 2. The van der Waals surface area contributed by atoms with Crippen LogP contribution in [0.4, 0.5) is 0 Å². The van der Waals surface area contributed by atoms with Crippen molar-refractivity contribution in [1.82, 2.24) is 4.90 Å². The number of hydrogen-bond donors (Lipinski definition) is 1. The number of rotatable bonds is 6. The molecular weight excluding hydrogens is 294 g/mol. The highest BCUT2D eigenvalue weighted by atomic mass is 16.5. The predicted octanol–water partition coefficient (Wildman–Crippen LogP) is 3.24. The number of hydrogen-bond acceptors (Lipinski definition) is 3. The van der Waals surface area contributed by atoms with Gasteiger partial charge in [-0.1, -0.05) is 45.0 Å². The van der Waals surface area contributed by atoms with Crippen LogP contribution in [0.3, 0.4) is 0 Å². The third kappa shape index (κ3) is 4.79. The number of carboxylic acids is 1. The summed E-state index contributed by atoms with van der Waals surface area (Å²) in [5, 5.41) is 9.35. The molecule has 5 nitrogen and oxygen atoms in total. The fourth-order valence-corrected chi connectivity index (χ4v) is 2.33. The maximum Gasteiger partial charge on any atom is 0.326 e. The highest BCUT2D eigenvalue weighted by Gasteiger charge is 2.33. The van der Waals surface area contributed by atoms with Crippen molar-refractivity contribution in [3.63, 3.8) is 0 Å². The van der Waals surface area contributed by atoms with Crippen molar-refractivity contribution in [2.75, 3.05) is 7.11 Å². The van der Waals surface area contributed by atoms with E-state index >= 15 is 0 Å². The third-order valence-corrected chi connectivity index (χ3v) is 3.91. The van der Waals surface area contributed by atoms with E-state index in [9.17, 15) is 14.7 Å². The maximum absolute atomic E-state index is 12.7. The van der Waals surface area contributed by atoms with Gasteiger partial charge in [0, 0.05) is 19.1 Å². The Hall–Kier alpha value is -1.88. The number of aliphatic carboxylic acids is 1. The van der Waals surface area contributed by atoms with Gasteiger partial charge in [0.1, 0.15) is 6.04 Å². The summed E-state index contributed by atoms with van der Waals surface area (Å²) in [5.74, 6) is -1.20. The molecule has 0 aromatic heterocycles. The molecule has 1 aromatic rings. The zero-order valence-electron chi connectivity index (χ0n) is 14.8. The summed E-state index contributed by atoms with van der Waals surface area (Å²) in [6, 6.07) is 6.74. The Labute approximate surface area is 138 Å². The summed E-state index contributed by atoms with van der Waals surface area (Å²) < 4.78 is 5.37.